The topological polar surface area (TPSA) is 74.8 Å². The average molecular weight is 397 g/mol. The molecule has 0 aliphatic carbocycles. The highest BCUT2D eigenvalue weighted by Gasteiger charge is 2.22. The molecule has 0 unspecified atom stereocenters. The highest BCUT2D eigenvalue weighted by molar-refractivity contribution is 5.91. The van der Waals surface area contributed by atoms with Gasteiger partial charge in [-0.25, -0.2) is 4.98 Å². The summed E-state index contributed by atoms with van der Waals surface area (Å²) in [6, 6.07) is 16.3. The fourth-order valence-corrected chi connectivity index (χ4v) is 4.26. The van der Waals surface area contributed by atoms with E-state index >= 15 is 0 Å². The second-order valence-corrected chi connectivity index (χ2v) is 7.81. The molecular weight excluding hydrogens is 374 g/mol. The zero-order valence-corrected chi connectivity index (χ0v) is 16.7. The average Bonchev–Trinajstić information content (AvgIpc) is 2.80. The Morgan fingerprint density at radius 2 is 1.83 bits per heavy atom. The van der Waals surface area contributed by atoms with Crippen LogP contribution in [-0.2, 0) is 6.42 Å². The molecule has 1 aliphatic heterocycles. The molecule has 0 saturated carbocycles. The number of fused-ring (bicyclic) bond motifs is 1. The minimum atomic E-state index is -0.159. The van der Waals surface area contributed by atoms with E-state index in [0.717, 1.165) is 43.5 Å². The molecule has 0 amide bonds. The van der Waals surface area contributed by atoms with Crippen LogP contribution >= 0.6 is 0 Å². The van der Waals surface area contributed by atoms with E-state index in [9.17, 15) is 4.79 Å². The van der Waals surface area contributed by atoms with Gasteiger partial charge >= 0.3 is 0 Å². The van der Waals surface area contributed by atoms with E-state index in [1.54, 1.807) is 18.6 Å². The Hall–Kier alpha value is -3.54. The Labute approximate surface area is 174 Å². The molecule has 30 heavy (non-hydrogen) atoms. The van der Waals surface area contributed by atoms with Crippen molar-refractivity contribution in [2.24, 2.45) is 5.92 Å². The Bertz CT molecular complexity index is 1200. The van der Waals surface area contributed by atoms with Gasteiger partial charge in [0.15, 0.2) is 5.65 Å². The van der Waals surface area contributed by atoms with Crippen LogP contribution in [0.2, 0.25) is 0 Å². The molecule has 1 saturated heterocycles. The second-order valence-electron chi connectivity index (χ2n) is 7.81. The van der Waals surface area contributed by atoms with Crippen LogP contribution in [0.25, 0.3) is 22.2 Å². The number of rotatable bonds is 4. The van der Waals surface area contributed by atoms with Gasteiger partial charge in [0.1, 0.15) is 0 Å². The molecule has 0 spiro atoms. The van der Waals surface area contributed by atoms with Crippen LogP contribution in [0.5, 0.6) is 0 Å². The fraction of sp³-hybridized carbons (Fsp3) is 0.250. The minimum absolute atomic E-state index is 0.159. The van der Waals surface area contributed by atoms with Crippen molar-refractivity contribution in [3.05, 3.63) is 83.0 Å². The summed E-state index contributed by atoms with van der Waals surface area (Å²) in [5.41, 5.74) is 3.39. The minimum Gasteiger partial charge on any atom is -0.342 e. The van der Waals surface area contributed by atoms with Crippen LogP contribution in [0, 0.1) is 5.92 Å². The third-order valence-corrected chi connectivity index (χ3v) is 5.85. The molecule has 6 nitrogen and oxygen atoms in total. The first-order valence-corrected chi connectivity index (χ1v) is 10.4. The molecule has 4 aromatic rings. The van der Waals surface area contributed by atoms with E-state index < -0.39 is 0 Å². The maximum absolute atomic E-state index is 13.0. The number of aromatic amines is 1. The smallest absolute Gasteiger partial charge is 0.262 e. The van der Waals surface area contributed by atoms with Crippen LogP contribution in [0.1, 0.15) is 18.4 Å². The maximum Gasteiger partial charge on any atom is 0.262 e. The molecule has 1 fully saturated rings. The van der Waals surface area contributed by atoms with Crippen molar-refractivity contribution < 1.29 is 0 Å². The molecule has 4 heterocycles. The van der Waals surface area contributed by atoms with E-state index in [1.165, 1.54) is 5.56 Å². The maximum atomic E-state index is 13.0. The van der Waals surface area contributed by atoms with E-state index in [2.05, 4.69) is 50.2 Å². The molecule has 1 N–H and O–H groups in total. The lowest BCUT2D eigenvalue weighted by atomic mass is 9.90. The molecule has 6 heteroatoms. The van der Waals surface area contributed by atoms with Crippen LogP contribution in [0.15, 0.2) is 71.9 Å². The van der Waals surface area contributed by atoms with Crippen molar-refractivity contribution in [1.82, 2.24) is 19.9 Å². The van der Waals surface area contributed by atoms with Gasteiger partial charge in [-0.1, -0.05) is 36.4 Å². The van der Waals surface area contributed by atoms with Crippen molar-refractivity contribution in [3.8, 4) is 11.1 Å². The highest BCUT2D eigenvalue weighted by Crippen LogP contribution is 2.26. The van der Waals surface area contributed by atoms with Gasteiger partial charge in [0.2, 0.25) is 5.95 Å². The number of aromatic nitrogens is 4. The van der Waals surface area contributed by atoms with Crippen LogP contribution in [-0.4, -0.2) is 33.0 Å². The number of pyridine rings is 2. The standard InChI is InChI=1S/C24H23N5O/c30-23-21-20(19-7-4-11-25-16-19)8-12-26-22(21)27-24(28-23)29-13-9-18(10-14-29)15-17-5-2-1-3-6-17/h1-8,11-12,16,18H,9-10,13-15H2,(H,26,27,28,30). The number of hydrogen-bond acceptors (Lipinski definition) is 5. The normalized spacial score (nSPS) is 14.9. The summed E-state index contributed by atoms with van der Waals surface area (Å²) in [5.74, 6) is 1.27. The van der Waals surface area contributed by atoms with E-state index in [1.807, 2.05) is 18.2 Å². The highest BCUT2D eigenvalue weighted by atomic mass is 16.1. The molecule has 5 rings (SSSR count). The number of nitrogens with one attached hydrogen (secondary N) is 1. The van der Waals surface area contributed by atoms with Gasteiger partial charge in [0.25, 0.3) is 5.56 Å². The largest absolute Gasteiger partial charge is 0.342 e. The van der Waals surface area contributed by atoms with E-state index in [0.29, 0.717) is 22.9 Å². The van der Waals surface area contributed by atoms with Gasteiger partial charge in [-0.15, -0.1) is 0 Å². The molecule has 1 aromatic carbocycles. The summed E-state index contributed by atoms with van der Waals surface area (Å²) < 4.78 is 0. The van der Waals surface area contributed by atoms with E-state index in [-0.39, 0.29) is 5.56 Å². The summed E-state index contributed by atoms with van der Waals surface area (Å²) in [5, 5.41) is 0.508. The predicted octanol–water partition coefficient (Wildman–Crippen LogP) is 3.84. The second kappa shape index (κ2) is 8.06. The lowest BCUT2D eigenvalue weighted by Gasteiger charge is -2.32. The van der Waals surface area contributed by atoms with Crippen LogP contribution in [0.3, 0.4) is 0 Å². The van der Waals surface area contributed by atoms with Gasteiger partial charge < -0.3 is 4.90 Å². The first kappa shape index (κ1) is 18.5. The first-order valence-electron chi connectivity index (χ1n) is 10.4. The zero-order valence-electron chi connectivity index (χ0n) is 16.7. The Balaban J connectivity index is 1.38. The number of nitrogens with zero attached hydrogens (tertiary/aromatic N) is 4. The van der Waals surface area contributed by atoms with Gasteiger partial charge in [-0.05, 0) is 42.9 Å². The van der Waals surface area contributed by atoms with E-state index in [4.69, 9.17) is 4.98 Å². The first-order chi connectivity index (χ1) is 14.8. The lowest BCUT2D eigenvalue weighted by Crippen LogP contribution is -2.36. The van der Waals surface area contributed by atoms with Gasteiger partial charge in [0.05, 0.1) is 5.39 Å². The number of benzene rings is 1. The van der Waals surface area contributed by atoms with Crippen molar-refractivity contribution in [2.75, 3.05) is 18.0 Å². The van der Waals surface area contributed by atoms with Crippen molar-refractivity contribution in [2.45, 2.75) is 19.3 Å². The Morgan fingerprint density at radius 3 is 2.60 bits per heavy atom. The molecule has 150 valence electrons. The van der Waals surface area contributed by atoms with Gasteiger partial charge in [0, 0.05) is 42.8 Å². The quantitative estimate of drug-likeness (QED) is 0.566. The number of piperidine rings is 1. The molecule has 0 bridgehead atoms. The van der Waals surface area contributed by atoms with Gasteiger partial charge in [-0.3, -0.25) is 14.8 Å². The number of anilines is 1. The molecule has 3 aromatic heterocycles. The molecule has 0 atom stereocenters. The molecule has 0 radical (unpaired) electrons. The fourth-order valence-electron chi connectivity index (χ4n) is 4.26. The van der Waals surface area contributed by atoms with Crippen LogP contribution < -0.4 is 10.5 Å². The SMILES string of the molecule is O=c1[nH]c(N2CCC(Cc3ccccc3)CC2)nc2nccc(-c3cccnc3)c12. The predicted molar refractivity (Wildman–Crippen MR) is 118 cm³/mol. The summed E-state index contributed by atoms with van der Waals surface area (Å²) in [6.45, 7) is 1.77. The van der Waals surface area contributed by atoms with Gasteiger partial charge in [-0.2, -0.15) is 4.98 Å². The molecular formula is C24H23N5O. The molecule has 1 aliphatic rings. The Kier molecular flexibility index (Phi) is 4.97. The van der Waals surface area contributed by atoms with Crippen molar-refractivity contribution >= 4 is 17.0 Å². The summed E-state index contributed by atoms with van der Waals surface area (Å²) >= 11 is 0. The van der Waals surface area contributed by atoms with Crippen molar-refractivity contribution in [3.63, 3.8) is 0 Å². The summed E-state index contributed by atoms with van der Waals surface area (Å²) in [7, 11) is 0. The third kappa shape index (κ3) is 3.68. The third-order valence-electron chi connectivity index (χ3n) is 5.85. The number of H-pyrrole nitrogens is 1. The Morgan fingerprint density at radius 1 is 1.00 bits per heavy atom. The number of hydrogen-bond donors (Lipinski definition) is 1. The zero-order chi connectivity index (χ0) is 20.3. The summed E-state index contributed by atoms with van der Waals surface area (Å²) in [6.07, 6.45) is 8.44. The van der Waals surface area contributed by atoms with Crippen LogP contribution in [0.4, 0.5) is 5.95 Å². The van der Waals surface area contributed by atoms with Crippen molar-refractivity contribution in [1.29, 1.82) is 0 Å². The lowest BCUT2D eigenvalue weighted by molar-refractivity contribution is 0.400. The summed E-state index contributed by atoms with van der Waals surface area (Å²) in [4.78, 5) is 31.4. The monoisotopic (exact) mass is 397 g/mol.